The lowest BCUT2D eigenvalue weighted by molar-refractivity contribution is 0.131. The summed E-state index contributed by atoms with van der Waals surface area (Å²) >= 11 is 0. The van der Waals surface area contributed by atoms with E-state index in [1.54, 1.807) is 0 Å². The van der Waals surface area contributed by atoms with Crippen molar-refractivity contribution >= 4 is 0 Å². The number of aromatic nitrogens is 2. The van der Waals surface area contributed by atoms with Gasteiger partial charge in [0, 0.05) is 51.0 Å². The predicted octanol–water partition coefficient (Wildman–Crippen LogP) is 0.866. The average Bonchev–Trinajstić information content (AvgIpc) is 2.62. The maximum absolute atomic E-state index is 4.29. The summed E-state index contributed by atoms with van der Waals surface area (Å²) in [5.41, 5.74) is 2.66. The molecule has 16 heavy (non-hydrogen) atoms. The molecule has 2 heterocycles. The van der Waals surface area contributed by atoms with Crippen molar-refractivity contribution in [3.63, 3.8) is 0 Å². The Morgan fingerprint density at radius 1 is 1.19 bits per heavy atom. The Balaban J connectivity index is 1.89. The van der Waals surface area contributed by atoms with Crippen molar-refractivity contribution in [1.82, 2.24) is 19.6 Å². The molecule has 0 amide bonds. The summed E-state index contributed by atoms with van der Waals surface area (Å²) in [6, 6.07) is 0. The second-order valence-electron chi connectivity index (χ2n) is 4.59. The molecule has 0 radical (unpaired) electrons. The first-order valence-corrected chi connectivity index (χ1v) is 6.13. The number of likely N-dealkylation sites (N-methyl/N-ethyl adjacent to an activating group) is 1. The van der Waals surface area contributed by atoms with Gasteiger partial charge in [0.1, 0.15) is 0 Å². The monoisotopic (exact) mass is 222 g/mol. The van der Waals surface area contributed by atoms with Crippen molar-refractivity contribution < 1.29 is 0 Å². The predicted molar refractivity (Wildman–Crippen MR) is 65.3 cm³/mol. The molecule has 1 fully saturated rings. The Morgan fingerprint density at radius 2 is 1.81 bits per heavy atom. The first-order chi connectivity index (χ1) is 7.70. The van der Waals surface area contributed by atoms with E-state index in [0.717, 1.165) is 6.54 Å². The van der Waals surface area contributed by atoms with Gasteiger partial charge in [-0.15, -0.1) is 0 Å². The van der Waals surface area contributed by atoms with Gasteiger partial charge in [-0.2, -0.15) is 5.10 Å². The molecule has 0 bridgehead atoms. The molecule has 0 unspecified atom stereocenters. The van der Waals surface area contributed by atoms with Crippen LogP contribution in [0.4, 0.5) is 0 Å². The van der Waals surface area contributed by atoms with Gasteiger partial charge in [-0.25, -0.2) is 0 Å². The first-order valence-electron chi connectivity index (χ1n) is 6.13. The topological polar surface area (TPSA) is 24.3 Å². The fourth-order valence-electron chi connectivity index (χ4n) is 2.20. The minimum absolute atomic E-state index is 1.05. The molecular weight excluding hydrogens is 200 g/mol. The second-order valence-corrected chi connectivity index (χ2v) is 4.59. The van der Waals surface area contributed by atoms with Crippen LogP contribution in [0.25, 0.3) is 0 Å². The zero-order chi connectivity index (χ0) is 11.5. The largest absolute Gasteiger partial charge is 0.301 e. The Labute approximate surface area is 97.8 Å². The molecule has 0 atom stereocenters. The van der Waals surface area contributed by atoms with Crippen LogP contribution >= 0.6 is 0 Å². The molecule has 0 aliphatic carbocycles. The first kappa shape index (κ1) is 11.6. The molecular formula is C12H22N4. The molecule has 0 saturated carbocycles. The minimum Gasteiger partial charge on any atom is -0.301 e. The summed E-state index contributed by atoms with van der Waals surface area (Å²) in [6.45, 7) is 11.4. The van der Waals surface area contributed by atoms with Gasteiger partial charge in [0.2, 0.25) is 0 Å². The second kappa shape index (κ2) is 4.97. The lowest BCUT2D eigenvalue weighted by Crippen LogP contribution is -2.45. The van der Waals surface area contributed by atoms with Crippen LogP contribution in [0.2, 0.25) is 0 Å². The van der Waals surface area contributed by atoms with E-state index in [0.29, 0.717) is 0 Å². The molecule has 0 spiro atoms. The van der Waals surface area contributed by atoms with E-state index in [1.165, 1.54) is 44.0 Å². The zero-order valence-corrected chi connectivity index (χ0v) is 10.6. The molecule has 0 aromatic carbocycles. The van der Waals surface area contributed by atoms with E-state index in [-0.39, 0.29) is 0 Å². The fourth-order valence-corrected chi connectivity index (χ4v) is 2.20. The third-order valence-electron chi connectivity index (χ3n) is 3.64. The van der Waals surface area contributed by atoms with Crippen LogP contribution in [0, 0.1) is 6.92 Å². The van der Waals surface area contributed by atoms with E-state index in [1.807, 2.05) is 17.9 Å². The zero-order valence-electron chi connectivity index (χ0n) is 10.6. The van der Waals surface area contributed by atoms with Crippen LogP contribution in [0.3, 0.4) is 0 Å². The van der Waals surface area contributed by atoms with Gasteiger partial charge in [-0.05, 0) is 13.5 Å². The summed E-state index contributed by atoms with van der Waals surface area (Å²) < 4.78 is 1.96. The lowest BCUT2D eigenvalue weighted by atomic mass is 10.2. The van der Waals surface area contributed by atoms with Crippen molar-refractivity contribution in [1.29, 1.82) is 0 Å². The van der Waals surface area contributed by atoms with Gasteiger partial charge >= 0.3 is 0 Å². The van der Waals surface area contributed by atoms with Crippen LogP contribution < -0.4 is 0 Å². The maximum Gasteiger partial charge on any atom is 0.0537 e. The highest BCUT2D eigenvalue weighted by Gasteiger charge is 2.16. The molecule has 1 aliphatic heterocycles. The summed E-state index contributed by atoms with van der Waals surface area (Å²) in [6.07, 6.45) is 2.00. The summed E-state index contributed by atoms with van der Waals surface area (Å²) in [5.74, 6) is 0. The highest BCUT2D eigenvalue weighted by molar-refractivity contribution is 5.15. The fraction of sp³-hybridized carbons (Fsp3) is 0.750. The number of rotatable bonds is 3. The Morgan fingerprint density at radius 3 is 2.31 bits per heavy atom. The molecule has 4 nitrogen and oxygen atoms in total. The molecule has 0 N–H and O–H groups in total. The van der Waals surface area contributed by atoms with Gasteiger partial charge in [0.25, 0.3) is 0 Å². The van der Waals surface area contributed by atoms with Crippen LogP contribution in [-0.4, -0.2) is 52.3 Å². The van der Waals surface area contributed by atoms with Crippen molar-refractivity contribution in [3.05, 3.63) is 17.5 Å². The standard InChI is InChI=1S/C12H22N4/c1-4-15-5-7-16(8-6-15)10-12-9-13-14(3)11(12)2/h9H,4-8,10H2,1-3H3. The van der Waals surface area contributed by atoms with E-state index in [2.05, 4.69) is 28.7 Å². The van der Waals surface area contributed by atoms with Gasteiger partial charge < -0.3 is 4.90 Å². The molecule has 1 aromatic heterocycles. The number of nitrogens with zero attached hydrogens (tertiary/aromatic N) is 4. The van der Waals surface area contributed by atoms with Gasteiger partial charge in [0.15, 0.2) is 0 Å². The maximum atomic E-state index is 4.29. The molecule has 1 saturated heterocycles. The van der Waals surface area contributed by atoms with Gasteiger partial charge in [-0.1, -0.05) is 6.92 Å². The molecule has 1 aliphatic rings. The third kappa shape index (κ3) is 2.44. The highest BCUT2D eigenvalue weighted by atomic mass is 15.3. The third-order valence-corrected chi connectivity index (χ3v) is 3.64. The summed E-state index contributed by atoms with van der Waals surface area (Å²) in [7, 11) is 2.01. The lowest BCUT2D eigenvalue weighted by Gasteiger charge is -2.33. The van der Waals surface area contributed by atoms with E-state index in [4.69, 9.17) is 0 Å². The summed E-state index contributed by atoms with van der Waals surface area (Å²) in [5, 5.41) is 4.29. The van der Waals surface area contributed by atoms with Gasteiger partial charge in [0.05, 0.1) is 6.20 Å². The normalized spacial score (nSPS) is 19.2. The molecule has 2 rings (SSSR count). The number of piperazine rings is 1. The minimum atomic E-state index is 1.05. The Hall–Kier alpha value is -0.870. The van der Waals surface area contributed by atoms with Crippen LogP contribution in [0.15, 0.2) is 6.20 Å². The van der Waals surface area contributed by atoms with Crippen LogP contribution in [0.1, 0.15) is 18.2 Å². The van der Waals surface area contributed by atoms with Crippen LogP contribution in [-0.2, 0) is 13.6 Å². The number of aryl methyl sites for hydroxylation is 1. The molecule has 1 aromatic rings. The Bertz CT molecular complexity index is 337. The van der Waals surface area contributed by atoms with Crippen molar-refractivity contribution in [2.24, 2.45) is 7.05 Å². The average molecular weight is 222 g/mol. The van der Waals surface area contributed by atoms with E-state index >= 15 is 0 Å². The van der Waals surface area contributed by atoms with Crippen molar-refractivity contribution in [3.8, 4) is 0 Å². The van der Waals surface area contributed by atoms with E-state index in [9.17, 15) is 0 Å². The number of hydrogen-bond donors (Lipinski definition) is 0. The van der Waals surface area contributed by atoms with Gasteiger partial charge in [-0.3, -0.25) is 9.58 Å². The molecule has 90 valence electrons. The Kier molecular flexibility index (Phi) is 3.61. The SMILES string of the molecule is CCN1CCN(Cc2cnn(C)c2C)CC1. The summed E-state index contributed by atoms with van der Waals surface area (Å²) in [4.78, 5) is 5.03. The quantitative estimate of drug-likeness (QED) is 0.758. The van der Waals surface area contributed by atoms with Crippen molar-refractivity contribution in [2.45, 2.75) is 20.4 Å². The highest BCUT2D eigenvalue weighted by Crippen LogP contribution is 2.11. The van der Waals surface area contributed by atoms with Crippen molar-refractivity contribution in [2.75, 3.05) is 32.7 Å². The van der Waals surface area contributed by atoms with Crippen LogP contribution in [0.5, 0.6) is 0 Å². The molecule has 4 heteroatoms. The number of hydrogen-bond acceptors (Lipinski definition) is 3. The van der Waals surface area contributed by atoms with E-state index < -0.39 is 0 Å². The smallest absolute Gasteiger partial charge is 0.0537 e.